The molecule has 3 heteroatoms. The maximum Gasteiger partial charge on any atom is 0.125 e. The molecule has 0 saturated heterocycles. The fraction of sp³-hybridized carbons (Fsp3) is 0.538. The molecule has 0 bridgehead atoms. The van der Waals surface area contributed by atoms with Gasteiger partial charge in [0.15, 0.2) is 0 Å². The van der Waals surface area contributed by atoms with Crippen molar-refractivity contribution in [3.8, 4) is 5.75 Å². The molecule has 1 aromatic rings. The summed E-state index contributed by atoms with van der Waals surface area (Å²) in [6, 6.07) is 2.09. The van der Waals surface area contributed by atoms with Gasteiger partial charge in [0.25, 0.3) is 0 Å². The van der Waals surface area contributed by atoms with Crippen LogP contribution < -0.4 is 10.5 Å². The summed E-state index contributed by atoms with van der Waals surface area (Å²) >= 11 is 3.60. The molecule has 0 aliphatic rings. The van der Waals surface area contributed by atoms with Crippen LogP contribution in [0.15, 0.2) is 10.5 Å². The van der Waals surface area contributed by atoms with Crippen LogP contribution >= 0.6 is 15.9 Å². The van der Waals surface area contributed by atoms with Gasteiger partial charge in [-0.2, -0.15) is 0 Å². The van der Waals surface area contributed by atoms with Crippen molar-refractivity contribution in [3.63, 3.8) is 0 Å². The van der Waals surface area contributed by atoms with E-state index < -0.39 is 0 Å². The van der Waals surface area contributed by atoms with Crippen molar-refractivity contribution >= 4 is 15.9 Å². The van der Waals surface area contributed by atoms with Crippen LogP contribution in [-0.4, -0.2) is 12.6 Å². The average molecular weight is 286 g/mol. The summed E-state index contributed by atoms with van der Waals surface area (Å²) in [5, 5.41) is 0. The molecule has 0 atom stereocenters. The van der Waals surface area contributed by atoms with E-state index in [1.807, 2.05) is 20.8 Å². The van der Waals surface area contributed by atoms with Crippen molar-refractivity contribution in [3.05, 3.63) is 27.2 Å². The molecule has 2 N–H and O–H groups in total. The predicted octanol–water partition coefficient (Wildman–Crippen LogP) is 3.35. The van der Waals surface area contributed by atoms with Crippen molar-refractivity contribution in [2.75, 3.05) is 7.11 Å². The Morgan fingerprint density at radius 3 is 2.38 bits per heavy atom. The number of rotatable bonds is 3. The molecule has 0 aliphatic carbocycles. The first-order valence-electron chi connectivity index (χ1n) is 5.37. The maximum atomic E-state index is 6.07. The molecule has 0 aromatic heterocycles. The molecule has 0 saturated carbocycles. The second kappa shape index (κ2) is 4.76. The molecule has 16 heavy (non-hydrogen) atoms. The summed E-state index contributed by atoms with van der Waals surface area (Å²) in [7, 11) is 1.71. The highest BCUT2D eigenvalue weighted by Gasteiger charge is 2.18. The lowest BCUT2D eigenvalue weighted by atomic mass is 9.92. The van der Waals surface area contributed by atoms with Crippen LogP contribution in [-0.2, 0) is 6.42 Å². The highest BCUT2D eigenvalue weighted by atomic mass is 79.9. The second-order valence-electron chi connectivity index (χ2n) is 4.98. The minimum absolute atomic E-state index is 0.215. The zero-order valence-corrected chi connectivity index (χ0v) is 12.2. The molecule has 1 aromatic carbocycles. The fourth-order valence-corrected chi connectivity index (χ4v) is 2.72. The van der Waals surface area contributed by atoms with E-state index in [0.29, 0.717) is 0 Å². The van der Waals surface area contributed by atoms with Gasteiger partial charge in [0.05, 0.1) is 7.11 Å². The molecule has 0 radical (unpaired) electrons. The molecule has 2 nitrogen and oxygen atoms in total. The highest BCUT2D eigenvalue weighted by Crippen LogP contribution is 2.33. The van der Waals surface area contributed by atoms with Crippen molar-refractivity contribution in [2.45, 2.75) is 39.7 Å². The molecular weight excluding hydrogens is 266 g/mol. The average Bonchev–Trinajstić information content (AvgIpc) is 2.11. The van der Waals surface area contributed by atoms with Crippen molar-refractivity contribution in [1.82, 2.24) is 0 Å². The summed E-state index contributed by atoms with van der Waals surface area (Å²) in [5.74, 6) is 0.961. The van der Waals surface area contributed by atoms with E-state index in [-0.39, 0.29) is 5.54 Å². The Hall–Kier alpha value is -0.540. The number of halogens is 1. The summed E-state index contributed by atoms with van der Waals surface area (Å²) in [6.07, 6.45) is 0.829. The van der Waals surface area contributed by atoms with Gasteiger partial charge in [0.2, 0.25) is 0 Å². The molecule has 0 heterocycles. The standard InChI is InChI=1S/C13H20BrNO/c1-8-6-11(14)10(7-13(3,4)15)9(2)12(8)16-5/h6H,7,15H2,1-5H3. The van der Waals surface area contributed by atoms with Crippen LogP contribution in [0.1, 0.15) is 30.5 Å². The minimum atomic E-state index is -0.215. The fourth-order valence-electron chi connectivity index (χ4n) is 1.94. The van der Waals surface area contributed by atoms with Crippen LogP contribution in [0.5, 0.6) is 5.75 Å². The Balaban J connectivity index is 3.28. The van der Waals surface area contributed by atoms with Gasteiger partial charge in [-0.1, -0.05) is 15.9 Å². The summed E-state index contributed by atoms with van der Waals surface area (Å²) < 4.78 is 6.54. The number of nitrogens with two attached hydrogens (primary N) is 1. The molecule has 0 amide bonds. The van der Waals surface area contributed by atoms with Crippen molar-refractivity contribution in [2.24, 2.45) is 5.73 Å². The third kappa shape index (κ3) is 2.98. The van der Waals surface area contributed by atoms with E-state index >= 15 is 0 Å². The van der Waals surface area contributed by atoms with Gasteiger partial charge in [-0.05, 0) is 56.9 Å². The smallest absolute Gasteiger partial charge is 0.125 e. The first-order chi connectivity index (χ1) is 7.26. The second-order valence-corrected chi connectivity index (χ2v) is 5.83. The molecular formula is C13H20BrNO. The molecule has 90 valence electrons. The molecule has 0 aliphatic heterocycles. The van der Waals surface area contributed by atoms with E-state index in [1.165, 1.54) is 11.1 Å². The third-order valence-electron chi connectivity index (χ3n) is 2.62. The van der Waals surface area contributed by atoms with E-state index in [0.717, 1.165) is 22.2 Å². The van der Waals surface area contributed by atoms with E-state index in [1.54, 1.807) is 7.11 Å². The van der Waals surface area contributed by atoms with Gasteiger partial charge >= 0.3 is 0 Å². The summed E-state index contributed by atoms with van der Waals surface area (Å²) in [5.41, 5.74) is 9.41. The lowest BCUT2D eigenvalue weighted by Gasteiger charge is -2.22. The number of hydrogen-bond acceptors (Lipinski definition) is 2. The number of benzene rings is 1. The number of aryl methyl sites for hydroxylation is 1. The van der Waals surface area contributed by atoms with Crippen LogP contribution in [0.25, 0.3) is 0 Å². The Labute approximate surface area is 106 Å². The largest absolute Gasteiger partial charge is 0.496 e. The van der Waals surface area contributed by atoms with E-state index in [2.05, 4.69) is 28.9 Å². The Morgan fingerprint density at radius 1 is 1.38 bits per heavy atom. The first kappa shape index (κ1) is 13.5. The lowest BCUT2D eigenvalue weighted by Crippen LogP contribution is -2.34. The van der Waals surface area contributed by atoms with Crippen molar-refractivity contribution in [1.29, 1.82) is 0 Å². The molecule has 0 fully saturated rings. The topological polar surface area (TPSA) is 35.2 Å². The Morgan fingerprint density at radius 2 is 1.94 bits per heavy atom. The van der Waals surface area contributed by atoms with Gasteiger partial charge in [0, 0.05) is 10.0 Å². The zero-order chi connectivity index (χ0) is 12.5. The van der Waals surface area contributed by atoms with Gasteiger partial charge in [0.1, 0.15) is 5.75 Å². The van der Waals surface area contributed by atoms with E-state index in [9.17, 15) is 0 Å². The van der Waals surface area contributed by atoms with Gasteiger partial charge in [-0.15, -0.1) is 0 Å². The normalized spacial score (nSPS) is 11.7. The van der Waals surface area contributed by atoms with Gasteiger partial charge in [-0.25, -0.2) is 0 Å². The molecule has 1 rings (SSSR count). The molecule has 0 spiro atoms. The first-order valence-corrected chi connectivity index (χ1v) is 6.17. The minimum Gasteiger partial charge on any atom is -0.496 e. The lowest BCUT2D eigenvalue weighted by molar-refractivity contribution is 0.406. The number of hydrogen-bond donors (Lipinski definition) is 1. The third-order valence-corrected chi connectivity index (χ3v) is 3.33. The Bertz CT molecular complexity index is 394. The summed E-state index contributed by atoms with van der Waals surface area (Å²) in [4.78, 5) is 0. The number of ether oxygens (including phenoxy) is 1. The quantitative estimate of drug-likeness (QED) is 0.924. The monoisotopic (exact) mass is 285 g/mol. The molecule has 0 unspecified atom stereocenters. The zero-order valence-electron chi connectivity index (χ0n) is 10.6. The summed E-state index contributed by atoms with van der Waals surface area (Å²) in [6.45, 7) is 8.20. The van der Waals surface area contributed by atoms with Crippen LogP contribution in [0, 0.1) is 13.8 Å². The van der Waals surface area contributed by atoms with Crippen LogP contribution in [0.2, 0.25) is 0 Å². The maximum absolute atomic E-state index is 6.07. The highest BCUT2D eigenvalue weighted by molar-refractivity contribution is 9.10. The SMILES string of the molecule is COc1c(C)cc(Br)c(CC(C)(C)N)c1C. The Kier molecular flexibility index (Phi) is 4.02. The van der Waals surface area contributed by atoms with Crippen LogP contribution in [0.3, 0.4) is 0 Å². The predicted molar refractivity (Wildman–Crippen MR) is 72.1 cm³/mol. The number of methoxy groups -OCH3 is 1. The van der Waals surface area contributed by atoms with Gasteiger partial charge in [-0.3, -0.25) is 0 Å². The van der Waals surface area contributed by atoms with E-state index in [4.69, 9.17) is 10.5 Å². The van der Waals surface area contributed by atoms with Gasteiger partial charge < -0.3 is 10.5 Å². The van der Waals surface area contributed by atoms with Crippen molar-refractivity contribution < 1.29 is 4.74 Å². The van der Waals surface area contributed by atoms with Crippen LogP contribution in [0.4, 0.5) is 0 Å².